The zero-order valence-corrected chi connectivity index (χ0v) is 14.7. The van der Waals surface area contributed by atoms with Crippen molar-refractivity contribution in [3.8, 4) is 5.75 Å². The Hall–Kier alpha value is -3.82. The van der Waals surface area contributed by atoms with E-state index in [1.807, 2.05) is 0 Å². The second-order valence-corrected chi connectivity index (χ2v) is 5.52. The molecule has 0 fully saturated rings. The van der Waals surface area contributed by atoms with Gasteiger partial charge in [-0.25, -0.2) is 9.78 Å². The summed E-state index contributed by atoms with van der Waals surface area (Å²) in [4.78, 5) is 28.6. The third kappa shape index (κ3) is 3.45. The van der Waals surface area contributed by atoms with Crippen LogP contribution in [0.5, 0.6) is 5.75 Å². The molecule has 2 heterocycles. The Kier molecular flexibility index (Phi) is 4.79. The molecular formula is C17H18N6O4. The van der Waals surface area contributed by atoms with Crippen LogP contribution in [0.2, 0.25) is 0 Å². The first-order valence-corrected chi connectivity index (χ1v) is 8.01. The number of methoxy groups -OCH3 is 1. The predicted molar refractivity (Wildman–Crippen MR) is 99.6 cm³/mol. The minimum absolute atomic E-state index is 0.00500. The Morgan fingerprint density at radius 3 is 2.70 bits per heavy atom. The van der Waals surface area contributed by atoms with E-state index in [2.05, 4.69) is 20.5 Å². The number of nitrogens with zero attached hydrogens (tertiary/aromatic N) is 2. The van der Waals surface area contributed by atoms with Crippen LogP contribution in [0.25, 0.3) is 11.0 Å². The second kappa shape index (κ2) is 7.20. The van der Waals surface area contributed by atoms with E-state index in [-0.39, 0.29) is 23.8 Å². The van der Waals surface area contributed by atoms with Crippen LogP contribution in [0.3, 0.4) is 0 Å². The van der Waals surface area contributed by atoms with Crippen molar-refractivity contribution in [3.05, 3.63) is 35.4 Å². The number of nitrogens with two attached hydrogens (primary N) is 2. The molecule has 0 saturated carbocycles. The molecular weight excluding hydrogens is 352 g/mol. The number of ether oxygens (including phenoxy) is 2. The lowest BCUT2D eigenvalue weighted by atomic mass is 10.1. The molecule has 27 heavy (non-hydrogen) atoms. The number of benzene rings is 1. The molecule has 1 amide bonds. The van der Waals surface area contributed by atoms with Crippen LogP contribution in [0.4, 0.5) is 17.3 Å². The smallest absolute Gasteiger partial charge is 0.341 e. The summed E-state index contributed by atoms with van der Waals surface area (Å²) < 4.78 is 10.0. The molecule has 0 aliphatic heterocycles. The van der Waals surface area contributed by atoms with Gasteiger partial charge in [-0.1, -0.05) is 0 Å². The van der Waals surface area contributed by atoms with Crippen LogP contribution in [-0.4, -0.2) is 40.8 Å². The molecule has 0 aliphatic carbocycles. The molecule has 0 saturated heterocycles. The monoisotopic (exact) mass is 370 g/mol. The van der Waals surface area contributed by atoms with Gasteiger partial charge in [0.2, 0.25) is 0 Å². The Morgan fingerprint density at radius 2 is 2.04 bits per heavy atom. The fraction of sp³-hybridized carbons (Fsp3) is 0.176. The molecule has 0 atom stereocenters. The largest absolute Gasteiger partial charge is 0.495 e. The quantitative estimate of drug-likeness (QED) is 0.389. The Bertz CT molecular complexity index is 1030. The highest BCUT2D eigenvalue weighted by atomic mass is 16.5. The van der Waals surface area contributed by atoms with Crippen molar-refractivity contribution in [1.29, 1.82) is 0 Å². The van der Waals surface area contributed by atoms with Gasteiger partial charge in [-0.3, -0.25) is 9.89 Å². The Balaban J connectivity index is 1.92. The van der Waals surface area contributed by atoms with Gasteiger partial charge in [-0.2, -0.15) is 5.10 Å². The number of nitrogens with one attached hydrogen (secondary N) is 2. The molecule has 10 heteroatoms. The third-order valence-electron chi connectivity index (χ3n) is 3.80. The summed E-state index contributed by atoms with van der Waals surface area (Å²) in [6.45, 7) is 1.88. The van der Waals surface area contributed by atoms with Crippen molar-refractivity contribution in [2.24, 2.45) is 0 Å². The molecule has 0 bridgehead atoms. The summed E-state index contributed by atoms with van der Waals surface area (Å²) in [5.74, 6) is -0.374. The van der Waals surface area contributed by atoms with E-state index in [0.717, 1.165) is 0 Å². The van der Waals surface area contributed by atoms with Crippen molar-refractivity contribution in [1.82, 2.24) is 15.2 Å². The first kappa shape index (κ1) is 18.0. The van der Waals surface area contributed by atoms with E-state index in [0.29, 0.717) is 28.0 Å². The highest BCUT2D eigenvalue weighted by molar-refractivity contribution is 6.09. The van der Waals surface area contributed by atoms with Crippen molar-refractivity contribution < 1.29 is 19.1 Å². The van der Waals surface area contributed by atoms with Crippen molar-refractivity contribution in [2.75, 3.05) is 30.5 Å². The first-order chi connectivity index (χ1) is 12.9. The SMILES string of the molecule is CCOC(=O)c1cc2c(NC(=O)c3ccc(OC)c(N)c3)n[nH]c2nc1N. The number of aromatic nitrogens is 3. The van der Waals surface area contributed by atoms with E-state index in [9.17, 15) is 9.59 Å². The molecule has 3 aromatic rings. The number of fused-ring (bicyclic) bond motifs is 1. The van der Waals surface area contributed by atoms with Crippen LogP contribution < -0.4 is 21.5 Å². The molecule has 140 valence electrons. The lowest BCUT2D eigenvalue weighted by molar-refractivity contribution is 0.0527. The lowest BCUT2D eigenvalue weighted by Crippen LogP contribution is -2.13. The number of H-pyrrole nitrogens is 1. The summed E-state index contributed by atoms with van der Waals surface area (Å²) in [7, 11) is 1.49. The van der Waals surface area contributed by atoms with Crippen LogP contribution in [0.1, 0.15) is 27.6 Å². The normalized spacial score (nSPS) is 10.6. The van der Waals surface area contributed by atoms with E-state index < -0.39 is 11.9 Å². The van der Waals surface area contributed by atoms with Crippen LogP contribution in [-0.2, 0) is 4.74 Å². The van der Waals surface area contributed by atoms with E-state index in [4.69, 9.17) is 20.9 Å². The average Bonchev–Trinajstić information content (AvgIpc) is 3.02. The number of hydrogen-bond acceptors (Lipinski definition) is 8. The highest BCUT2D eigenvalue weighted by Crippen LogP contribution is 2.26. The summed E-state index contributed by atoms with van der Waals surface area (Å²) in [6.07, 6.45) is 0. The molecule has 1 aromatic carbocycles. The molecule has 2 aromatic heterocycles. The molecule has 6 N–H and O–H groups in total. The maximum atomic E-state index is 12.5. The molecule has 3 rings (SSSR count). The Morgan fingerprint density at radius 1 is 1.26 bits per heavy atom. The van der Waals surface area contributed by atoms with Crippen LogP contribution in [0.15, 0.2) is 24.3 Å². The summed E-state index contributed by atoms with van der Waals surface area (Å²) in [6, 6.07) is 6.12. The number of esters is 1. The number of aromatic amines is 1. The minimum atomic E-state index is -0.606. The van der Waals surface area contributed by atoms with Crippen LogP contribution >= 0.6 is 0 Å². The number of rotatable bonds is 5. The molecule has 0 aliphatic rings. The van der Waals surface area contributed by atoms with Gasteiger partial charge in [0.05, 0.1) is 24.8 Å². The maximum absolute atomic E-state index is 12.5. The minimum Gasteiger partial charge on any atom is -0.495 e. The maximum Gasteiger partial charge on any atom is 0.341 e. The number of pyridine rings is 1. The number of anilines is 3. The molecule has 0 unspecified atom stereocenters. The molecule has 0 spiro atoms. The van der Waals surface area contributed by atoms with Gasteiger partial charge in [-0.05, 0) is 31.2 Å². The predicted octanol–water partition coefficient (Wildman–Crippen LogP) is 1.56. The van der Waals surface area contributed by atoms with Gasteiger partial charge in [0, 0.05) is 5.56 Å². The van der Waals surface area contributed by atoms with Crippen molar-refractivity contribution >= 4 is 40.2 Å². The summed E-state index contributed by atoms with van der Waals surface area (Å²) in [5, 5.41) is 9.75. The number of carbonyl (C=O) groups excluding carboxylic acids is 2. The first-order valence-electron chi connectivity index (χ1n) is 8.01. The number of amides is 1. The van der Waals surface area contributed by atoms with E-state index >= 15 is 0 Å². The third-order valence-corrected chi connectivity index (χ3v) is 3.80. The second-order valence-electron chi connectivity index (χ2n) is 5.52. The number of nitrogen functional groups attached to an aromatic ring is 2. The zero-order chi connectivity index (χ0) is 19.6. The van der Waals surface area contributed by atoms with E-state index in [1.165, 1.54) is 19.2 Å². The number of hydrogen-bond donors (Lipinski definition) is 4. The number of carbonyl (C=O) groups is 2. The fourth-order valence-corrected chi connectivity index (χ4v) is 2.49. The molecule has 10 nitrogen and oxygen atoms in total. The Labute approximate surface area is 153 Å². The summed E-state index contributed by atoms with van der Waals surface area (Å²) in [5.41, 5.74) is 12.7. The van der Waals surface area contributed by atoms with Crippen molar-refractivity contribution in [2.45, 2.75) is 6.92 Å². The zero-order valence-electron chi connectivity index (χ0n) is 14.7. The van der Waals surface area contributed by atoms with Gasteiger partial charge in [-0.15, -0.1) is 0 Å². The average molecular weight is 370 g/mol. The van der Waals surface area contributed by atoms with Gasteiger partial charge >= 0.3 is 5.97 Å². The highest BCUT2D eigenvalue weighted by Gasteiger charge is 2.18. The van der Waals surface area contributed by atoms with Gasteiger partial charge in [0.1, 0.15) is 17.1 Å². The van der Waals surface area contributed by atoms with Crippen LogP contribution in [0, 0.1) is 0 Å². The van der Waals surface area contributed by atoms with Gasteiger partial charge in [0.25, 0.3) is 5.91 Å². The van der Waals surface area contributed by atoms with Crippen molar-refractivity contribution in [3.63, 3.8) is 0 Å². The topological polar surface area (TPSA) is 158 Å². The van der Waals surface area contributed by atoms with E-state index in [1.54, 1.807) is 19.1 Å². The lowest BCUT2D eigenvalue weighted by Gasteiger charge is -2.08. The molecule has 0 radical (unpaired) electrons. The summed E-state index contributed by atoms with van der Waals surface area (Å²) >= 11 is 0. The van der Waals surface area contributed by atoms with Gasteiger partial charge in [0.15, 0.2) is 11.5 Å². The standard InChI is InChI=1S/C17H18N6O4/c1-3-27-17(25)9-7-10-14(20-13(9)19)22-23-15(10)21-16(24)8-4-5-12(26-2)11(18)6-8/h4-7H,3,18H2,1-2H3,(H4,19,20,21,22,23,24). The van der Waals surface area contributed by atoms with Gasteiger partial charge < -0.3 is 26.3 Å². The fourth-order valence-electron chi connectivity index (χ4n) is 2.49.